The van der Waals surface area contributed by atoms with Gasteiger partial charge in [0.2, 0.25) is 15.9 Å². The number of hydrogen-bond acceptors (Lipinski definition) is 4. The van der Waals surface area contributed by atoms with E-state index in [1.54, 1.807) is 36.4 Å². The molecule has 0 aliphatic carbocycles. The average Bonchev–Trinajstić information content (AvgIpc) is 2.73. The molecule has 162 valence electrons. The maximum atomic E-state index is 12.5. The van der Waals surface area contributed by atoms with Crippen LogP contribution in [0.2, 0.25) is 0 Å². The van der Waals surface area contributed by atoms with Crippen molar-refractivity contribution in [2.75, 3.05) is 22.4 Å². The number of hydrogen-bond donors (Lipinski definition) is 1. The summed E-state index contributed by atoms with van der Waals surface area (Å²) in [6.07, 6.45) is 1.09. The molecule has 0 aliphatic rings. The first-order valence-corrected chi connectivity index (χ1v) is 11.8. The van der Waals surface area contributed by atoms with Gasteiger partial charge in [-0.25, -0.2) is 8.42 Å². The van der Waals surface area contributed by atoms with Crippen molar-refractivity contribution in [2.24, 2.45) is 0 Å². The van der Waals surface area contributed by atoms with Gasteiger partial charge in [0, 0.05) is 5.69 Å². The van der Waals surface area contributed by atoms with Gasteiger partial charge in [0.25, 0.3) is 0 Å². The lowest BCUT2D eigenvalue weighted by atomic mass is 10.0. The third kappa shape index (κ3) is 6.33. The van der Waals surface area contributed by atoms with Gasteiger partial charge in [-0.15, -0.1) is 0 Å². The van der Waals surface area contributed by atoms with Crippen LogP contribution in [0.5, 0.6) is 11.5 Å². The Morgan fingerprint density at radius 3 is 2.03 bits per heavy atom. The van der Waals surface area contributed by atoms with Crippen molar-refractivity contribution in [2.45, 2.75) is 19.8 Å². The smallest absolute Gasteiger partial charge is 0.245 e. The number of sulfonamides is 1. The number of amides is 1. The van der Waals surface area contributed by atoms with Gasteiger partial charge in [-0.05, 0) is 60.0 Å². The summed E-state index contributed by atoms with van der Waals surface area (Å²) in [5.41, 5.74) is 2.10. The number of nitrogens with one attached hydrogen (secondary N) is 1. The Morgan fingerprint density at radius 1 is 0.903 bits per heavy atom. The van der Waals surface area contributed by atoms with Crippen molar-refractivity contribution in [1.29, 1.82) is 0 Å². The lowest BCUT2D eigenvalue weighted by Gasteiger charge is -2.22. The predicted molar refractivity (Wildman–Crippen MR) is 124 cm³/mol. The number of carbonyl (C=O) groups excluding carboxylic acids is 1. The van der Waals surface area contributed by atoms with Crippen molar-refractivity contribution in [3.05, 3.63) is 84.4 Å². The summed E-state index contributed by atoms with van der Waals surface area (Å²) < 4.78 is 31.4. The van der Waals surface area contributed by atoms with Gasteiger partial charge >= 0.3 is 0 Å². The van der Waals surface area contributed by atoms with Crippen LogP contribution in [0.25, 0.3) is 0 Å². The SMILES string of the molecule is CC(C)c1ccc(N(CC(=O)Nc2ccc(Oc3ccccc3)cc2)S(C)(=O)=O)cc1. The first-order chi connectivity index (χ1) is 14.7. The lowest BCUT2D eigenvalue weighted by Crippen LogP contribution is -2.37. The minimum Gasteiger partial charge on any atom is -0.457 e. The van der Waals surface area contributed by atoms with Crippen LogP contribution in [0.4, 0.5) is 11.4 Å². The number of ether oxygens (including phenoxy) is 1. The molecule has 3 rings (SSSR count). The molecule has 7 heteroatoms. The van der Waals surface area contributed by atoms with Gasteiger partial charge in [-0.2, -0.15) is 0 Å². The van der Waals surface area contributed by atoms with Crippen LogP contribution < -0.4 is 14.4 Å². The van der Waals surface area contributed by atoms with E-state index in [1.165, 1.54) is 0 Å². The van der Waals surface area contributed by atoms with Crippen LogP contribution >= 0.6 is 0 Å². The van der Waals surface area contributed by atoms with Crippen LogP contribution in [0.15, 0.2) is 78.9 Å². The molecule has 1 N–H and O–H groups in total. The van der Waals surface area contributed by atoms with Gasteiger partial charge in [0.05, 0.1) is 11.9 Å². The third-order valence-electron chi connectivity index (χ3n) is 4.65. The molecule has 6 nitrogen and oxygen atoms in total. The highest BCUT2D eigenvalue weighted by Crippen LogP contribution is 2.24. The van der Waals surface area contributed by atoms with Crippen molar-refractivity contribution in [3.63, 3.8) is 0 Å². The van der Waals surface area contributed by atoms with Crippen LogP contribution in [-0.4, -0.2) is 27.1 Å². The zero-order chi connectivity index (χ0) is 22.4. The molecule has 0 fully saturated rings. The average molecular weight is 439 g/mol. The van der Waals surface area contributed by atoms with Crippen molar-refractivity contribution in [3.8, 4) is 11.5 Å². The quantitative estimate of drug-likeness (QED) is 0.537. The summed E-state index contributed by atoms with van der Waals surface area (Å²) in [5, 5.41) is 2.73. The van der Waals surface area contributed by atoms with E-state index < -0.39 is 15.9 Å². The lowest BCUT2D eigenvalue weighted by molar-refractivity contribution is -0.114. The van der Waals surface area contributed by atoms with Crippen LogP contribution in [0.1, 0.15) is 25.3 Å². The van der Waals surface area contributed by atoms with Gasteiger partial charge in [-0.1, -0.05) is 44.2 Å². The van der Waals surface area contributed by atoms with E-state index in [2.05, 4.69) is 19.2 Å². The Morgan fingerprint density at radius 2 is 1.48 bits per heavy atom. The number of para-hydroxylation sites is 1. The van der Waals surface area contributed by atoms with Crippen LogP contribution in [0.3, 0.4) is 0 Å². The fourth-order valence-electron chi connectivity index (χ4n) is 2.99. The highest BCUT2D eigenvalue weighted by Gasteiger charge is 2.21. The summed E-state index contributed by atoms with van der Waals surface area (Å²) in [6.45, 7) is 3.81. The van der Waals surface area contributed by atoms with E-state index in [1.807, 2.05) is 42.5 Å². The maximum absolute atomic E-state index is 12.5. The van der Waals surface area contributed by atoms with Crippen molar-refractivity contribution >= 4 is 27.3 Å². The molecule has 0 atom stereocenters. The Balaban J connectivity index is 1.67. The Hall–Kier alpha value is -3.32. The van der Waals surface area contributed by atoms with E-state index in [9.17, 15) is 13.2 Å². The van der Waals surface area contributed by atoms with Gasteiger partial charge in [0.1, 0.15) is 18.0 Å². The molecule has 1 amide bonds. The highest BCUT2D eigenvalue weighted by molar-refractivity contribution is 7.92. The zero-order valence-electron chi connectivity index (χ0n) is 17.8. The first-order valence-electron chi connectivity index (χ1n) is 9.93. The molecule has 31 heavy (non-hydrogen) atoms. The molecule has 0 aromatic heterocycles. The van der Waals surface area contributed by atoms with E-state index in [-0.39, 0.29) is 6.54 Å². The van der Waals surface area contributed by atoms with Gasteiger partial charge in [-0.3, -0.25) is 9.10 Å². The normalized spacial score (nSPS) is 11.2. The van der Waals surface area contributed by atoms with E-state index in [0.717, 1.165) is 16.1 Å². The highest BCUT2D eigenvalue weighted by atomic mass is 32.2. The van der Waals surface area contributed by atoms with E-state index in [0.29, 0.717) is 28.8 Å². The number of rotatable bonds is 8. The fraction of sp³-hybridized carbons (Fsp3) is 0.208. The molecular weight excluding hydrogens is 412 g/mol. The summed E-state index contributed by atoms with van der Waals surface area (Å²) in [5.74, 6) is 1.24. The maximum Gasteiger partial charge on any atom is 0.245 e. The predicted octanol–water partition coefficient (Wildman–Crippen LogP) is 5.01. The molecule has 0 radical (unpaired) electrons. The number of nitrogens with zero attached hydrogens (tertiary/aromatic N) is 1. The molecule has 0 spiro atoms. The van der Waals surface area contributed by atoms with Crippen molar-refractivity contribution < 1.29 is 17.9 Å². The number of anilines is 2. The molecule has 0 aliphatic heterocycles. The molecule has 0 saturated heterocycles. The third-order valence-corrected chi connectivity index (χ3v) is 5.79. The van der Waals surface area contributed by atoms with Crippen LogP contribution in [0, 0.1) is 0 Å². The molecular formula is C24H26N2O4S. The fourth-order valence-corrected chi connectivity index (χ4v) is 3.84. The molecule has 0 saturated carbocycles. The zero-order valence-corrected chi connectivity index (χ0v) is 18.6. The standard InChI is InChI=1S/C24H26N2O4S/c1-18(2)19-9-13-21(14-10-19)26(31(3,28)29)17-24(27)25-20-11-15-23(16-12-20)30-22-7-5-4-6-8-22/h4-16,18H,17H2,1-3H3,(H,25,27). The molecule has 0 bridgehead atoms. The van der Waals surface area contributed by atoms with E-state index >= 15 is 0 Å². The first kappa shape index (κ1) is 22.4. The summed E-state index contributed by atoms with van der Waals surface area (Å²) in [6, 6.07) is 23.5. The molecule has 0 heterocycles. The minimum atomic E-state index is -3.63. The molecule has 3 aromatic carbocycles. The molecule has 3 aromatic rings. The monoisotopic (exact) mass is 438 g/mol. The second-order valence-corrected chi connectivity index (χ2v) is 9.41. The summed E-state index contributed by atoms with van der Waals surface area (Å²) in [4.78, 5) is 12.5. The van der Waals surface area contributed by atoms with Gasteiger partial charge in [0.15, 0.2) is 0 Å². The van der Waals surface area contributed by atoms with Crippen molar-refractivity contribution in [1.82, 2.24) is 0 Å². The van der Waals surface area contributed by atoms with Crippen LogP contribution in [-0.2, 0) is 14.8 Å². The number of benzene rings is 3. The Kier molecular flexibility index (Phi) is 6.97. The topological polar surface area (TPSA) is 75.7 Å². The molecule has 0 unspecified atom stereocenters. The Bertz CT molecular complexity index is 1110. The minimum absolute atomic E-state index is 0.317. The summed E-state index contributed by atoms with van der Waals surface area (Å²) in [7, 11) is -3.63. The largest absolute Gasteiger partial charge is 0.457 e. The van der Waals surface area contributed by atoms with E-state index in [4.69, 9.17) is 4.74 Å². The second kappa shape index (κ2) is 9.66. The number of carbonyl (C=O) groups is 1. The Labute approximate surface area is 183 Å². The summed E-state index contributed by atoms with van der Waals surface area (Å²) >= 11 is 0. The van der Waals surface area contributed by atoms with Gasteiger partial charge < -0.3 is 10.1 Å². The second-order valence-electron chi connectivity index (χ2n) is 7.50.